The number of halogens is 3. The molecule has 40 heavy (non-hydrogen) atoms. The molecule has 1 atom stereocenters. The van der Waals surface area contributed by atoms with E-state index in [1.807, 2.05) is 25.7 Å². The van der Waals surface area contributed by atoms with Crippen LogP contribution in [0.2, 0.25) is 5.15 Å². The highest BCUT2D eigenvalue weighted by Crippen LogP contribution is 2.32. The number of nitrogens with one attached hydrogen (secondary N) is 1. The van der Waals surface area contributed by atoms with Gasteiger partial charge in [0, 0.05) is 26.2 Å². The molecule has 2 amide bonds. The topological polar surface area (TPSA) is 87.7 Å². The molecule has 8 nitrogen and oxygen atoms in total. The summed E-state index contributed by atoms with van der Waals surface area (Å²) in [7, 11) is 0. The van der Waals surface area contributed by atoms with E-state index in [0.717, 1.165) is 31.7 Å². The van der Waals surface area contributed by atoms with Gasteiger partial charge in [-0.05, 0) is 95.4 Å². The number of pyridine rings is 2. The van der Waals surface area contributed by atoms with Crippen LogP contribution < -0.4 is 10.2 Å². The van der Waals surface area contributed by atoms with Crippen molar-refractivity contribution >= 4 is 35.2 Å². The number of likely N-dealkylation sites (tertiary alicyclic amines) is 1. The van der Waals surface area contributed by atoms with Gasteiger partial charge in [0.05, 0.1) is 5.56 Å². The number of piperidine rings is 2. The maximum atomic E-state index is 15.1. The Kier molecular flexibility index (Phi) is 9.81. The molecule has 2 aliphatic heterocycles. The Labute approximate surface area is 239 Å². The second-order valence-electron chi connectivity index (χ2n) is 11.7. The number of alkyl halides is 1. The number of carbonyl (C=O) groups is 2. The maximum absolute atomic E-state index is 15.1. The molecule has 0 aliphatic carbocycles. The van der Waals surface area contributed by atoms with Crippen molar-refractivity contribution in [3.63, 3.8) is 0 Å². The third-order valence-electron chi connectivity index (χ3n) is 7.40. The Hall–Kier alpha value is -3.01. The van der Waals surface area contributed by atoms with E-state index in [1.165, 1.54) is 6.07 Å². The molecule has 218 valence electrons. The van der Waals surface area contributed by atoms with Crippen molar-refractivity contribution in [1.82, 2.24) is 14.9 Å². The van der Waals surface area contributed by atoms with Gasteiger partial charge >= 0.3 is 6.09 Å². The number of ether oxygens (including phenoxy) is 1. The fraction of sp³-hybridized carbons (Fsp3) is 0.586. The summed E-state index contributed by atoms with van der Waals surface area (Å²) in [6.45, 7) is 7.83. The minimum atomic E-state index is -0.909. The van der Waals surface area contributed by atoms with E-state index in [1.54, 1.807) is 23.1 Å². The summed E-state index contributed by atoms with van der Waals surface area (Å²) < 4.78 is 34.6. The van der Waals surface area contributed by atoms with Gasteiger partial charge in [-0.2, -0.15) is 4.39 Å². The molecule has 2 fully saturated rings. The first kappa shape index (κ1) is 30.0. The number of hydrogen-bond donors (Lipinski definition) is 1. The number of aromatic nitrogens is 2. The van der Waals surface area contributed by atoms with Gasteiger partial charge in [0.1, 0.15) is 28.6 Å². The Morgan fingerprint density at radius 1 is 1.02 bits per heavy atom. The third-order valence-corrected chi connectivity index (χ3v) is 7.61. The smallest absolute Gasteiger partial charge is 0.410 e. The van der Waals surface area contributed by atoms with E-state index in [2.05, 4.69) is 15.3 Å². The predicted octanol–water partition coefficient (Wildman–Crippen LogP) is 6.50. The molecule has 0 spiro atoms. The van der Waals surface area contributed by atoms with Crippen molar-refractivity contribution in [2.75, 3.05) is 36.4 Å². The first-order valence-corrected chi connectivity index (χ1v) is 14.3. The number of anilines is 2. The summed E-state index contributed by atoms with van der Waals surface area (Å²) in [5.41, 5.74) is -0.288. The van der Waals surface area contributed by atoms with Crippen molar-refractivity contribution in [2.45, 2.75) is 71.1 Å². The van der Waals surface area contributed by atoms with Crippen molar-refractivity contribution in [1.29, 1.82) is 0 Å². The monoisotopic (exact) mass is 577 g/mol. The molecule has 2 saturated heterocycles. The van der Waals surface area contributed by atoms with Crippen LogP contribution >= 0.6 is 11.6 Å². The molecule has 4 rings (SSSR count). The van der Waals surface area contributed by atoms with Gasteiger partial charge in [-0.25, -0.2) is 19.2 Å². The summed E-state index contributed by atoms with van der Waals surface area (Å²) in [6, 6.07) is 7.45. The second-order valence-corrected chi connectivity index (χ2v) is 12.1. The number of rotatable bonds is 7. The molecule has 1 N–H and O–H groups in total. The van der Waals surface area contributed by atoms with Crippen LogP contribution in [0.5, 0.6) is 0 Å². The molecule has 0 bridgehead atoms. The molecule has 1 unspecified atom stereocenters. The van der Waals surface area contributed by atoms with E-state index in [-0.39, 0.29) is 40.3 Å². The normalized spacial score (nSPS) is 17.9. The quantitative estimate of drug-likeness (QED) is 0.378. The number of carbonyl (C=O) groups excluding carboxylic acids is 2. The van der Waals surface area contributed by atoms with Crippen LogP contribution in [0.25, 0.3) is 0 Å². The zero-order valence-electron chi connectivity index (χ0n) is 23.3. The largest absolute Gasteiger partial charge is 0.444 e. The van der Waals surface area contributed by atoms with Crippen LogP contribution in [-0.4, -0.2) is 64.8 Å². The van der Waals surface area contributed by atoms with Gasteiger partial charge in [-0.15, -0.1) is 0 Å². The van der Waals surface area contributed by atoms with Gasteiger partial charge in [0.15, 0.2) is 0 Å². The minimum Gasteiger partial charge on any atom is -0.444 e. The summed E-state index contributed by atoms with van der Waals surface area (Å²) >= 11 is 5.91. The van der Waals surface area contributed by atoms with Crippen molar-refractivity contribution in [2.24, 2.45) is 11.8 Å². The lowest BCUT2D eigenvalue weighted by Crippen LogP contribution is -2.42. The molecule has 2 aromatic heterocycles. The fourth-order valence-corrected chi connectivity index (χ4v) is 5.55. The van der Waals surface area contributed by atoms with Gasteiger partial charge in [-0.1, -0.05) is 17.7 Å². The van der Waals surface area contributed by atoms with Crippen LogP contribution in [0.15, 0.2) is 30.3 Å². The molecule has 4 heterocycles. The van der Waals surface area contributed by atoms with Crippen LogP contribution in [-0.2, 0) is 4.74 Å². The Bertz CT molecular complexity index is 1180. The highest BCUT2D eigenvalue weighted by molar-refractivity contribution is 6.29. The number of hydrogen-bond acceptors (Lipinski definition) is 6. The number of amides is 2. The van der Waals surface area contributed by atoms with E-state index < -0.39 is 23.6 Å². The molecule has 11 heteroatoms. The SMILES string of the molecule is CC(C)(C)OC(=O)N1CCC(CC(F)CC2CCN(c3nc(F)ccc3C(=O)Nc3cccc(Cl)n3)CC2)CC1. The predicted molar refractivity (Wildman–Crippen MR) is 151 cm³/mol. The molecular formula is C29H38ClF2N5O3. The summed E-state index contributed by atoms with van der Waals surface area (Å²) in [6.07, 6.45) is 2.77. The average Bonchev–Trinajstić information content (AvgIpc) is 2.88. The first-order valence-electron chi connectivity index (χ1n) is 13.9. The summed E-state index contributed by atoms with van der Waals surface area (Å²) in [5, 5.41) is 2.93. The standard InChI is InChI=1S/C29H38ClF2N5O3/c1-29(2,3)40-28(39)37-15-11-20(12-16-37)18-21(31)17-19-9-13-36(14-10-19)26-22(7-8-24(32)34-26)27(38)35-25-6-4-5-23(30)33-25/h4-8,19-21H,9-18H2,1-3H3,(H,33,35,38). The third kappa shape index (κ3) is 8.49. The fourth-order valence-electron chi connectivity index (χ4n) is 5.38. The van der Waals surface area contributed by atoms with Crippen LogP contribution in [0.1, 0.15) is 69.7 Å². The zero-order valence-corrected chi connectivity index (χ0v) is 24.1. The van der Waals surface area contributed by atoms with E-state index in [9.17, 15) is 14.0 Å². The minimum absolute atomic E-state index is 0.203. The van der Waals surface area contributed by atoms with E-state index in [0.29, 0.717) is 39.0 Å². The lowest BCUT2D eigenvalue weighted by Gasteiger charge is -2.35. The van der Waals surface area contributed by atoms with Crippen molar-refractivity contribution in [3.05, 3.63) is 47.0 Å². The Morgan fingerprint density at radius 2 is 1.65 bits per heavy atom. The number of nitrogens with zero attached hydrogens (tertiary/aromatic N) is 4. The van der Waals surface area contributed by atoms with Gasteiger partial charge < -0.3 is 19.9 Å². The Morgan fingerprint density at radius 3 is 2.25 bits per heavy atom. The molecular weight excluding hydrogens is 540 g/mol. The van der Waals surface area contributed by atoms with Crippen LogP contribution in [0, 0.1) is 17.8 Å². The van der Waals surface area contributed by atoms with E-state index in [4.69, 9.17) is 16.3 Å². The molecule has 0 radical (unpaired) electrons. The summed E-state index contributed by atoms with van der Waals surface area (Å²) in [4.78, 5) is 36.9. The van der Waals surface area contributed by atoms with Crippen molar-refractivity contribution < 1.29 is 23.1 Å². The van der Waals surface area contributed by atoms with Gasteiger partial charge in [-0.3, -0.25) is 4.79 Å². The summed E-state index contributed by atoms with van der Waals surface area (Å²) in [5.74, 6) is -0.116. The molecule has 2 aromatic rings. The molecule has 0 saturated carbocycles. The molecule has 2 aliphatic rings. The van der Waals surface area contributed by atoms with Gasteiger partial charge in [0.2, 0.25) is 5.95 Å². The lowest BCUT2D eigenvalue weighted by atomic mass is 9.86. The zero-order chi connectivity index (χ0) is 28.9. The Balaban J connectivity index is 1.25. The highest BCUT2D eigenvalue weighted by Gasteiger charge is 2.30. The van der Waals surface area contributed by atoms with E-state index >= 15 is 4.39 Å². The average molecular weight is 578 g/mol. The van der Waals surface area contributed by atoms with Gasteiger partial charge in [0.25, 0.3) is 5.91 Å². The first-order chi connectivity index (χ1) is 19.0. The van der Waals surface area contributed by atoms with Crippen LogP contribution in [0.3, 0.4) is 0 Å². The van der Waals surface area contributed by atoms with Crippen molar-refractivity contribution in [3.8, 4) is 0 Å². The van der Waals surface area contributed by atoms with Crippen LogP contribution in [0.4, 0.5) is 25.2 Å². The highest BCUT2D eigenvalue weighted by atomic mass is 35.5. The second kappa shape index (κ2) is 13.1. The molecule has 0 aromatic carbocycles. The lowest BCUT2D eigenvalue weighted by molar-refractivity contribution is 0.0171. The maximum Gasteiger partial charge on any atom is 0.410 e.